The van der Waals surface area contributed by atoms with E-state index in [1.165, 1.54) is 40.6 Å². The van der Waals surface area contributed by atoms with Gasteiger partial charge in [0, 0.05) is 23.3 Å². The van der Waals surface area contributed by atoms with Gasteiger partial charge in [-0.15, -0.1) is 0 Å². The van der Waals surface area contributed by atoms with Crippen molar-refractivity contribution in [3.8, 4) is 40.2 Å². The molecule has 0 aromatic heterocycles. The fraction of sp³-hybridized carbons (Fsp3) is 0.581. The van der Waals surface area contributed by atoms with Crippen LogP contribution in [-0.2, 0) is 18.9 Å². The van der Waals surface area contributed by atoms with E-state index < -0.39 is 105 Å². The summed E-state index contributed by atoms with van der Waals surface area (Å²) >= 11 is 0. The zero-order valence-corrected chi connectivity index (χ0v) is 35.3. The fourth-order valence-electron chi connectivity index (χ4n) is 8.81. The second-order valence-corrected chi connectivity index (χ2v) is 16.0. The molecule has 4 fully saturated rings. The monoisotopic (exact) mass is 908 g/mol. The van der Waals surface area contributed by atoms with E-state index in [4.69, 9.17) is 47.4 Å². The molecule has 3 aromatic rings. The number of phenolic OH excluding ortho intramolecular Hbond substituents is 1. The van der Waals surface area contributed by atoms with E-state index in [-0.39, 0.29) is 76.4 Å². The maximum absolute atomic E-state index is 11.9. The van der Waals surface area contributed by atoms with Crippen molar-refractivity contribution in [1.29, 1.82) is 0 Å². The molecule has 0 radical (unpaired) electrons. The predicted molar refractivity (Wildman–Crippen MR) is 215 cm³/mol. The van der Waals surface area contributed by atoms with Gasteiger partial charge in [0.05, 0.1) is 79.8 Å². The number of aromatic hydroxyl groups is 1. The van der Waals surface area contributed by atoms with Gasteiger partial charge in [0.25, 0.3) is 0 Å². The molecule has 0 unspecified atom stereocenters. The minimum absolute atomic E-state index is 0.0209. The first kappa shape index (κ1) is 47.7. The molecule has 4 aliphatic heterocycles. The Labute approximate surface area is 367 Å². The first-order chi connectivity index (χ1) is 30.7. The molecule has 7 rings (SSSR count). The number of hydrogen-bond donors (Lipinski definition) is 11. The summed E-state index contributed by atoms with van der Waals surface area (Å²) in [4.78, 5) is 0. The van der Waals surface area contributed by atoms with Crippen molar-refractivity contribution in [3.63, 3.8) is 0 Å². The Morgan fingerprint density at radius 2 is 1.08 bits per heavy atom. The average molecular weight is 909 g/mol. The van der Waals surface area contributed by atoms with Crippen LogP contribution in [0.5, 0.6) is 40.2 Å². The molecule has 64 heavy (non-hydrogen) atoms. The van der Waals surface area contributed by atoms with Crippen molar-refractivity contribution < 1.29 is 104 Å². The Hall–Kier alpha value is -4.30. The Kier molecular flexibility index (Phi) is 14.9. The van der Waals surface area contributed by atoms with Crippen LogP contribution in [0.2, 0.25) is 0 Å². The minimum Gasteiger partial charge on any atom is -0.504 e. The molecule has 4 saturated heterocycles. The summed E-state index contributed by atoms with van der Waals surface area (Å²) in [7, 11) is 5.38. The van der Waals surface area contributed by atoms with Crippen LogP contribution in [0.4, 0.5) is 0 Å². The Bertz CT molecular complexity index is 2020. The van der Waals surface area contributed by atoms with E-state index in [9.17, 15) is 56.2 Å². The maximum Gasteiger partial charge on any atom is 0.229 e. The third-order valence-electron chi connectivity index (χ3n) is 12.4. The third-order valence-corrected chi connectivity index (χ3v) is 12.4. The van der Waals surface area contributed by atoms with E-state index in [1.54, 1.807) is 30.3 Å². The third kappa shape index (κ3) is 8.86. The zero-order chi connectivity index (χ0) is 46.1. The summed E-state index contributed by atoms with van der Waals surface area (Å²) < 4.78 is 57.7. The van der Waals surface area contributed by atoms with Gasteiger partial charge < -0.3 is 104 Å². The van der Waals surface area contributed by atoms with Gasteiger partial charge in [-0.05, 0) is 53.1 Å². The van der Waals surface area contributed by atoms with Crippen LogP contribution in [-0.4, -0.2) is 179 Å². The van der Waals surface area contributed by atoms with Crippen LogP contribution >= 0.6 is 0 Å². The molecule has 0 aliphatic carbocycles. The number of fused-ring (bicyclic) bond motifs is 1. The number of rotatable bonds is 16. The van der Waals surface area contributed by atoms with Crippen LogP contribution in [0.1, 0.15) is 46.5 Å². The summed E-state index contributed by atoms with van der Waals surface area (Å²) in [6.07, 6.45) is -17.9. The fourth-order valence-corrected chi connectivity index (χ4v) is 8.81. The number of aliphatic hydroxyl groups is 10. The molecule has 0 spiro atoms. The van der Waals surface area contributed by atoms with Crippen molar-refractivity contribution in [1.82, 2.24) is 0 Å². The lowest BCUT2D eigenvalue weighted by Gasteiger charge is -2.39. The van der Waals surface area contributed by atoms with Gasteiger partial charge in [-0.2, -0.15) is 0 Å². The number of aliphatic hydroxyl groups excluding tert-OH is 10. The number of benzene rings is 3. The first-order valence-electron chi connectivity index (χ1n) is 20.5. The molecule has 3 aromatic carbocycles. The number of ether oxygens (including phenoxy) is 10. The second-order valence-electron chi connectivity index (χ2n) is 16.0. The Balaban J connectivity index is 1.11. The molecular formula is C43H56O21. The van der Waals surface area contributed by atoms with Crippen molar-refractivity contribution in [3.05, 3.63) is 64.7 Å². The van der Waals surface area contributed by atoms with Gasteiger partial charge in [0.1, 0.15) is 48.8 Å². The molecule has 11 N–H and O–H groups in total. The lowest BCUT2D eigenvalue weighted by molar-refractivity contribution is -0.277. The standard InChI is InChI=1S/C43H56O21/c1-55-25-8-17(5-6-24(25)61-42-37(53)35(51)33(49)29(13-45)62-42)39-22-15-60-40(23(22)16-59-39)19-7-20(32(48)26(11-19)56-2)21(12-44)31(47)18-9-27(57-3)41(28(10-18)58-4)64-43-38(54)36(52)34(50)30(14-46)63-43/h5-11,21-23,29-31,33-40,42-54H,12-16H2,1-4H3/t21-,22+,23+,29-,30-,31-,33-,34-,35+,36+,37-,38-,39-,40-,42-,43+/m1/s1. The predicted octanol–water partition coefficient (Wildman–Crippen LogP) is -1.33. The first-order valence-corrected chi connectivity index (χ1v) is 20.5. The maximum atomic E-state index is 11.9. The highest BCUT2D eigenvalue weighted by Crippen LogP contribution is 2.53. The van der Waals surface area contributed by atoms with Gasteiger partial charge in [-0.3, -0.25) is 0 Å². The normalized spacial score (nSPS) is 33.5. The zero-order valence-electron chi connectivity index (χ0n) is 35.3. The van der Waals surface area contributed by atoms with Crippen molar-refractivity contribution in [2.45, 2.75) is 85.6 Å². The summed E-state index contributed by atoms with van der Waals surface area (Å²) in [5.41, 5.74) is 1.58. The molecule has 354 valence electrons. The summed E-state index contributed by atoms with van der Waals surface area (Å²) in [5, 5.41) is 115. The van der Waals surface area contributed by atoms with Crippen LogP contribution < -0.4 is 28.4 Å². The highest BCUT2D eigenvalue weighted by Gasteiger charge is 2.50. The smallest absolute Gasteiger partial charge is 0.229 e. The molecule has 0 bridgehead atoms. The summed E-state index contributed by atoms with van der Waals surface area (Å²) in [6.45, 7) is -1.42. The second kappa shape index (κ2) is 20.1. The van der Waals surface area contributed by atoms with E-state index in [1.807, 2.05) is 0 Å². The molecule has 0 saturated carbocycles. The number of hydrogen-bond acceptors (Lipinski definition) is 21. The molecular weight excluding hydrogens is 852 g/mol. The number of methoxy groups -OCH3 is 4. The van der Waals surface area contributed by atoms with E-state index in [2.05, 4.69) is 0 Å². The van der Waals surface area contributed by atoms with Crippen molar-refractivity contribution in [2.75, 3.05) is 61.5 Å². The van der Waals surface area contributed by atoms with Crippen LogP contribution in [0.15, 0.2) is 42.5 Å². The van der Waals surface area contributed by atoms with Crippen molar-refractivity contribution in [2.24, 2.45) is 11.8 Å². The van der Waals surface area contributed by atoms with Gasteiger partial charge >= 0.3 is 0 Å². The lowest BCUT2D eigenvalue weighted by atomic mass is 9.82. The molecule has 4 heterocycles. The van der Waals surface area contributed by atoms with Crippen LogP contribution in [0.25, 0.3) is 0 Å². The topological polar surface area (TPSA) is 315 Å². The molecule has 21 nitrogen and oxygen atoms in total. The quantitative estimate of drug-likeness (QED) is 0.0793. The Morgan fingerprint density at radius 1 is 0.578 bits per heavy atom. The van der Waals surface area contributed by atoms with Crippen LogP contribution in [0.3, 0.4) is 0 Å². The van der Waals surface area contributed by atoms with E-state index >= 15 is 0 Å². The van der Waals surface area contributed by atoms with Gasteiger partial charge in [0.15, 0.2) is 34.5 Å². The molecule has 4 aliphatic rings. The summed E-state index contributed by atoms with van der Waals surface area (Å²) in [5.74, 6) is -1.56. The average Bonchev–Trinajstić information content (AvgIpc) is 3.93. The highest BCUT2D eigenvalue weighted by molar-refractivity contribution is 5.56. The van der Waals surface area contributed by atoms with Gasteiger partial charge in [-0.25, -0.2) is 0 Å². The number of phenols is 1. The Morgan fingerprint density at radius 3 is 1.58 bits per heavy atom. The summed E-state index contributed by atoms with van der Waals surface area (Å²) in [6, 6.07) is 11.0. The van der Waals surface area contributed by atoms with E-state index in [0.717, 1.165) is 5.56 Å². The van der Waals surface area contributed by atoms with Crippen molar-refractivity contribution >= 4 is 0 Å². The minimum atomic E-state index is -1.74. The SMILES string of the molecule is COc1cc([C@H]2OC[C@H]3[C@@H]2CO[C@@H]3c2cc(OC)c(O)c([C@@H](CO)[C@H](O)c3cc(OC)c(O[C@@H]4O[C@H](CO)[C@@H](O)[C@H](O)[C@H]4O)c(OC)c3)c2)ccc1O[C@@H]1O[C@H](CO)[C@@H](O)[C@H](O)[C@H]1O. The lowest BCUT2D eigenvalue weighted by Crippen LogP contribution is -2.60. The van der Waals surface area contributed by atoms with E-state index in [0.29, 0.717) is 5.56 Å². The molecule has 0 amide bonds. The highest BCUT2D eigenvalue weighted by atomic mass is 16.7. The van der Waals surface area contributed by atoms with Gasteiger partial charge in [-0.1, -0.05) is 6.07 Å². The van der Waals surface area contributed by atoms with Gasteiger partial charge in [0.2, 0.25) is 18.3 Å². The van der Waals surface area contributed by atoms with Crippen LogP contribution in [0, 0.1) is 11.8 Å². The molecule has 21 heteroatoms. The largest absolute Gasteiger partial charge is 0.504 e. The molecule has 16 atom stereocenters.